The average molecular weight is 534 g/mol. The van der Waals surface area contributed by atoms with Gasteiger partial charge in [-0.25, -0.2) is 4.98 Å². The summed E-state index contributed by atoms with van der Waals surface area (Å²) in [5.74, 6) is 2.12. The van der Waals surface area contributed by atoms with Gasteiger partial charge in [-0.2, -0.15) is 0 Å². The van der Waals surface area contributed by atoms with Gasteiger partial charge in [0.1, 0.15) is 23.3 Å². The summed E-state index contributed by atoms with van der Waals surface area (Å²) in [6.07, 6.45) is 6.82. The monoisotopic (exact) mass is 533 g/mol. The van der Waals surface area contributed by atoms with E-state index >= 15 is 0 Å². The van der Waals surface area contributed by atoms with E-state index in [1.165, 1.54) is 25.7 Å². The number of fused-ring (bicyclic) bond motifs is 1. The molecule has 37 heavy (non-hydrogen) atoms. The smallest absolute Gasteiger partial charge is 0.215 e. The quantitative estimate of drug-likeness (QED) is 0.121. The van der Waals surface area contributed by atoms with Crippen molar-refractivity contribution >= 4 is 41.4 Å². The maximum Gasteiger partial charge on any atom is 0.215 e. The largest absolute Gasteiger partial charge is 0.496 e. The molecule has 1 fully saturated rings. The molecule has 5 rings (SSSR count). The second kappa shape index (κ2) is 11.2. The van der Waals surface area contributed by atoms with Crippen molar-refractivity contribution in [2.24, 2.45) is 0 Å². The van der Waals surface area contributed by atoms with Gasteiger partial charge in [-0.1, -0.05) is 62.0 Å². The third kappa shape index (κ3) is 6.17. The van der Waals surface area contributed by atoms with E-state index in [-0.39, 0.29) is 0 Å². The molecular weight excluding hydrogens is 498 g/mol. The van der Waals surface area contributed by atoms with Crippen LogP contribution in [-0.2, 0) is 4.74 Å². The number of pyridine rings is 2. The fraction of sp³-hybridized carbons (Fsp3) is 0.429. The molecule has 1 aliphatic rings. The first-order valence-corrected chi connectivity index (χ1v) is 17.5. The number of methoxy groups -OCH3 is 1. The van der Waals surface area contributed by atoms with E-state index in [2.05, 4.69) is 45.8 Å². The van der Waals surface area contributed by atoms with E-state index in [1.807, 2.05) is 42.6 Å². The van der Waals surface area contributed by atoms with Crippen LogP contribution in [0.2, 0.25) is 25.7 Å². The van der Waals surface area contributed by atoms with Crippen LogP contribution in [0.15, 0.2) is 48.7 Å². The maximum atomic E-state index is 6.18. The summed E-state index contributed by atoms with van der Waals surface area (Å²) in [7, 11) is 0.499. The van der Waals surface area contributed by atoms with Crippen LogP contribution in [0, 0.1) is 0 Å². The molecule has 0 aliphatic heterocycles. The molecular formula is C28H35N5O2SSi. The predicted molar refractivity (Wildman–Crippen MR) is 154 cm³/mol. The maximum absolute atomic E-state index is 6.18. The summed E-state index contributed by atoms with van der Waals surface area (Å²) in [6.45, 7) is 8.22. The molecule has 194 valence electrons. The number of hydrogen-bond acceptors (Lipinski definition) is 8. The zero-order valence-electron chi connectivity index (χ0n) is 22.1. The first kappa shape index (κ1) is 25.8. The molecule has 0 spiro atoms. The Kier molecular flexibility index (Phi) is 7.83. The Morgan fingerprint density at radius 2 is 1.84 bits per heavy atom. The Labute approximate surface area is 223 Å². The molecule has 0 saturated heterocycles. The number of hydrogen-bond donors (Lipinski definition) is 0. The number of aromatic nitrogens is 4. The normalized spacial score (nSPS) is 14.4. The van der Waals surface area contributed by atoms with Crippen LogP contribution in [0.25, 0.3) is 22.2 Å². The molecule has 1 aliphatic carbocycles. The van der Waals surface area contributed by atoms with E-state index in [0.717, 1.165) is 56.5 Å². The molecule has 0 radical (unpaired) electrons. The van der Waals surface area contributed by atoms with Gasteiger partial charge in [0.15, 0.2) is 0 Å². The lowest BCUT2D eigenvalue weighted by Gasteiger charge is -2.22. The highest BCUT2D eigenvalue weighted by molar-refractivity contribution is 7.15. The lowest BCUT2D eigenvalue weighted by molar-refractivity contribution is 0.153. The molecule has 4 aromatic rings. The Bertz CT molecular complexity index is 1350. The molecule has 7 nitrogen and oxygen atoms in total. The number of rotatable bonds is 10. The SMILES string of the molecule is COc1ccccc1-c1cnc2ccc(N(COCC[Si](C)(C)C)c3nnc(C4CCCC4)s3)nc2c1. The van der Waals surface area contributed by atoms with E-state index in [4.69, 9.17) is 14.5 Å². The number of para-hydroxylation sites is 1. The highest BCUT2D eigenvalue weighted by Crippen LogP contribution is 2.39. The first-order chi connectivity index (χ1) is 17.9. The minimum absolute atomic E-state index is 0.391. The summed E-state index contributed by atoms with van der Waals surface area (Å²) >= 11 is 1.67. The third-order valence-electron chi connectivity index (χ3n) is 6.80. The molecule has 0 atom stereocenters. The van der Waals surface area contributed by atoms with Crippen molar-refractivity contribution in [1.82, 2.24) is 20.2 Å². The van der Waals surface area contributed by atoms with E-state index in [9.17, 15) is 0 Å². The Morgan fingerprint density at radius 3 is 2.62 bits per heavy atom. The van der Waals surface area contributed by atoms with E-state index in [0.29, 0.717) is 12.6 Å². The van der Waals surface area contributed by atoms with Crippen molar-refractivity contribution in [3.63, 3.8) is 0 Å². The highest BCUT2D eigenvalue weighted by atomic mass is 32.1. The van der Waals surface area contributed by atoms with Crippen molar-refractivity contribution in [3.8, 4) is 16.9 Å². The first-order valence-electron chi connectivity index (χ1n) is 13.0. The number of ether oxygens (including phenoxy) is 2. The lowest BCUT2D eigenvalue weighted by Crippen LogP contribution is -2.26. The van der Waals surface area contributed by atoms with E-state index in [1.54, 1.807) is 18.4 Å². The van der Waals surface area contributed by atoms with Gasteiger partial charge in [0.2, 0.25) is 5.13 Å². The Morgan fingerprint density at radius 1 is 1.03 bits per heavy atom. The van der Waals surface area contributed by atoms with Gasteiger partial charge in [0.25, 0.3) is 0 Å². The van der Waals surface area contributed by atoms with Crippen molar-refractivity contribution < 1.29 is 9.47 Å². The summed E-state index contributed by atoms with van der Waals surface area (Å²) in [5, 5.41) is 11.1. The average Bonchev–Trinajstić information content (AvgIpc) is 3.60. The zero-order chi connectivity index (χ0) is 25.8. The fourth-order valence-electron chi connectivity index (χ4n) is 4.60. The molecule has 0 amide bonds. The van der Waals surface area contributed by atoms with Crippen molar-refractivity contribution in [1.29, 1.82) is 0 Å². The topological polar surface area (TPSA) is 73.3 Å². The van der Waals surface area contributed by atoms with Crippen LogP contribution in [-0.4, -0.2) is 48.7 Å². The van der Waals surface area contributed by atoms with Crippen LogP contribution in [0.4, 0.5) is 10.9 Å². The van der Waals surface area contributed by atoms with Gasteiger partial charge in [0.05, 0.1) is 18.1 Å². The molecule has 1 aromatic carbocycles. The number of anilines is 2. The van der Waals surface area contributed by atoms with Gasteiger partial charge in [-0.15, -0.1) is 10.2 Å². The van der Waals surface area contributed by atoms with Crippen LogP contribution < -0.4 is 9.64 Å². The lowest BCUT2D eigenvalue weighted by atomic mass is 10.1. The van der Waals surface area contributed by atoms with Gasteiger partial charge < -0.3 is 9.47 Å². The molecule has 0 unspecified atom stereocenters. The highest BCUT2D eigenvalue weighted by Gasteiger charge is 2.24. The summed E-state index contributed by atoms with van der Waals surface area (Å²) < 4.78 is 11.7. The van der Waals surface area contributed by atoms with Gasteiger partial charge in [-0.05, 0) is 43.2 Å². The van der Waals surface area contributed by atoms with Crippen molar-refractivity contribution in [3.05, 3.63) is 53.7 Å². The van der Waals surface area contributed by atoms with Crippen LogP contribution >= 0.6 is 11.3 Å². The molecule has 3 heterocycles. The minimum atomic E-state index is -1.19. The molecule has 3 aromatic heterocycles. The van der Waals surface area contributed by atoms with Gasteiger partial charge in [-0.3, -0.25) is 9.88 Å². The standard InChI is InChI=1S/C28H35N5O2SSi/c1-34-25-12-8-7-11-22(25)21-17-24-23(29-18-21)13-14-26(30-24)33(19-35-15-16-37(2,3)4)28-32-31-27(36-28)20-9-5-6-10-20/h7-8,11-14,17-18,20H,5-6,9-10,15-16,19H2,1-4H3. The second-order valence-corrected chi connectivity index (χ2v) is 17.4. The molecule has 1 saturated carbocycles. The minimum Gasteiger partial charge on any atom is -0.496 e. The van der Waals surface area contributed by atoms with Crippen LogP contribution in [0.3, 0.4) is 0 Å². The Balaban J connectivity index is 1.47. The van der Waals surface area contributed by atoms with Crippen molar-refractivity contribution in [2.45, 2.75) is 57.3 Å². The Hall–Kier alpha value is -2.88. The molecule has 0 bridgehead atoms. The molecule has 9 heteroatoms. The van der Waals surface area contributed by atoms with Crippen LogP contribution in [0.1, 0.15) is 36.6 Å². The zero-order valence-corrected chi connectivity index (χ0v) is 23.9. The molecule has 0 N–H and O–H groups in total. The van der Waals surface area contributed by atoms with Gasteiger partial charge in [0, 0.05) is 37.9 Å². The third-order valence-corrected chi connectivity index (χ3v) is 9.61. The van der Waals surface area contributed by atoms with E-state index < -0.39 is 8.07 Å². The summed E-state index contributed by atoms with van der Waals surface area (Å²) in [5.41, 5.74) is 3.61. The summed E-state index contributed by atoms with van der Waals surface area (Å²) in [6, 6.07) is 15.2. The second-order valence-electron chi connectivity index (χ2n) is 10.8. The fourth-order valence-corrected chi connectivity index (χ4v) is 6.37. The van der Waals surface area contributed by atoms with Crippen molar-refractivity contribution in [2.75, 3.05) is 25.3 Å². The van der Waals surface area contributed by atoms with Gasteiger partial charge >= 0.3 is 0 Å². The summed E-state index contributed by atoms with van der Waals surface area (Å²) in [4.78, 5) is 11.7. The number of nitrogens with zero attached hydrogens (tertiary/aromatic N) is 5. The predicted octanol–water partition coefficient (Wildman–Crippen LogP) is 7.26. The number of benzene rings is 1. The van der Waals surface area contributed by atoms with Crippen LogP contribution in [0.5, 0.6) is 5.75 Å².